The molecule has 1 aromatic carbocycles. The summed E-state index contributed by atoms with van der Waals surface area (Å²) in [5.41, 5.74) is 1.04. The third-order valence-corrected chi connectivity index (χ3v) is 4.46. The van der Waals surface area contributed by atoms with Crippen LogP contribution in [0.3, 0.4) is 0 Å². The summed E-state index contributed by atoms with van der Waals surface area (Å²) in [6.45, 7) is 5.53. The van der Waals surface area contributed by atoms with Crippen LogP contribution in [0.4, 0.5) is 5.69 Å². The average molecular weight is 360 g/mol. The number of anilines is 1. The highest BCUT2D eigenvalue weighted by Crippen LogP contribution is 2.29. The first-order chi connectivity index (χ1) is 12.6. The predicted molar refractivity (Wildman–Crippen MR) is 96.2 cm³/mol. The maximum atomic E-state index is 12.7. The molecule has 140 valence electrons. The highest BCUT2D eigenvalue weighted by atomic mass is 16.5. The number of hydrogen-bond donors (Lipinski definition) is 2. The molecule has 3 rings (SSSR count). The van der Waals surface area contributed by atoms with Gasteiger partial charge in [-0.2, -0.15) is 0 Å². The summed E-state index contributed by atoms with van der Waals surface area (Å²) >= 11 is 0. The predicted octanol–water partition coefficient (Wildman–Crippen LogP) is 0.302. The number of carbonyl (C=O) groups excluding carboxylic acids is 3. The molecule has 3 amide bonds. The number of rotatable bonds is 5. The summed E-state index contributed by atoms with van der Waals surface area (Å²) in [5, 5.41) is 5.58. The van der Waals surface area contributed by atoms with Crippen LogP contribution in [0.15, 0.2) is 18.2 Å². The summed E-state index contributed by atoms with van der Waals surface area (Å²) in [6.07, 6.45) is 0.917. The molecule has 26 heavy (non-hydrogen) atoms. The molecule has 0 bridgehead atoms. The van der Waals surface area contributed by atoms with Gasteiger partial charge in [-0.3, -0.25) is 19.3 Å². The van der Waals surface area contributed by atoms with Crippen LogP contribution < -0.4 is 15.4 Å². The van der Waals surface area contributed by atoms with Crippen LogP contribution in [0.2, 0.25) is 0 Å². The number of carbonyl (C=O) groups is 3. The maximum Gasteiger partial charge on any atom is 0.262 e. The van der Waals surface area contributed by atoms with Crippen LogP contribution in [0, 0.1) is 0 Å². The molecule has 0 spiro atoms. The Morgan fingerprint density at radius 2 is 2.00 bits per heavy atom. The molecule has 0 saturated carbocycles. The number of piperazine rings is 1. The summed E-state index contributed by atoms with van der Waals surface area (Å²) in [7, 11) is 0. The van der Waals surface area contributed by atoms with Crippen molar-refractivity contribution in [1.82, 2.24) is 15.1 Å². The van der Waals surface area contributed by atoms with Gasteiger partial charge >= 0.3 is 0 Å². The number of nitrogens with zero attached hydrogens (tertiary/aromatic N) is 2. The Morgan fingerprint density at radius 1 is 1.23 bits per heavy atom. The molecule has 0 aliphatic carbocycles. The Bertz CT molecular complexity index is 698. The van der Waals surface area contributed by atoms with Crippen molar-refractivity contribution in [1.29, 1.82) is 0 Å². The van der Waals surface area contributed by atoms with Crippen molar-refractivity contribution >= 4 is 23.4 Å². The van der Waals surface area contributed by atoms with Gasteiger partial charge in [0.25, 0.3) is 11.8 Å². The van der Waals surface area contributed by atoms with Crippen molar-refractivity contribution in [2.24, 2.45) is 0 Å². The van der Waals surface area contributed by atoms with Crippen molar-refractivity contribution in [3.63, 3.8) is 0 Å². The molecule has 2 heterocycles. The second-order valence-corrected chi connectivity index (χ2v) is 6.47. The Balaban J connectivity index is 1.55. The molecule has 1 fully saturated rings. The van der Waals surface area contributed by atoms with E-state index >= 15 is 0 Å². The second kappa shape index (κ2) is 8.18. The average Bonchev–Trinajstić information content (AvgIpc) is 2.65. The molecule has 8 nitrogen and oxygen atoms in total. The normalized spacial score (nSPS) is 17.1. The number of hydrogen-bond acceptors (Lipinski definition) is 5. The van der Waals surface area contributed by atoms with Gasteiger partial charge in [0.2, 0.25) is 5.91 Å². The van der Waals surface area contributed by atoms with Crippen molar-refractivity contribution in [3.05, 3.63) is 23.8 Å². The monoisotopic (exact) mass is 360 g/mol. The summed E-state index contributed by atoms with van der Waals surface area (Å²) in [6, 6.07) is 5.07. The lowest BCUT2D eigenvalue weighted by atomic mass is 10.1. The van der Waals surface area contributed by atoms with Gasteiger partial charge in [0.05, 0.1) is 12.2 Å². The Hall–Kier alpha value is -2.61. The zero-order chi connectivity index (χ0) is 18.5. The molecule has 0 radical (unpaired) electrons. The van der Waals surface area contributed by atoms with Crippen LogP contribution in [-0.2, 0) is 9.59 Å². The second-order valence-electron chi connectivity index (χ2n) is 6.47. The van der Waals surface area contributed by atoms with Gasteiger partial charge in [-0.25, -0.2) is 0 Å². The van der Waals surface area contributed by atoms with Gasteiger partial charge in [0.1, 0.15) is 5.75 Å². The number of nitrogens with one attached hydrogen (secondary N) is 2. The third-order valence-electron chi connectivity index (χ3n) is 4.46. The van der Waals surface area contributed by atoms with E-state index in [-0.39, 0.29) is 24.3 Å². The zero-order valence-corrected chi connectivity index (χ0v) is 14.9. The topological polar surface area (TPSA) is 91.0 Å². The molecule has 0 aromatic heterocycles. The maximum absolute atomic E-state index is 12.7. The lowest BCUT2D eigenvalue weighted by Gasteiger charge is -2.34. The van der Waals surface area contributed by atoms with Gasteiger partial charge in [-0.05, 0) is 24.6 Å². The van der Waals surface area contributed by atoms with E-state index < -0.39 is 0 Å². The standard InChI is InChI=1S/C18H24N4O4/c1-2-5-19-16(23)11-21-6-8-22(9-7-21)18(25)13-3-4-15-14(10-13)20-17(24)12-26-15/h3-4,10H,2,5-9,11-12H2,1H3,(H,19,23)(H,20,24). The molecule has 1 saturated heterocycles. The van der Waals surface area contributed by atoms with Crippen LogP contribution >= 0.6 is 0 Å². The summed E-state index contributed by atoms with van der Waals surface area (Å²) < 4.78 is 5.31. The van der Waals surface area contributed by atoms with E-state index in [0.29, 0.717) is 56.3 Å². The van der Waals surface area contributed by atoms with Crippen LogP contribution in [0.25, 0.3) is 0 Å². The molecule has 0 unspecified atom stereocenters. The first-order valence-corrected chi connectivity index (χ1v) is 8.92. The molecule has 2 aliphatic heterocycles. The lowest BCUT2D eigenvalue weighted by molar-refractivity contribution is -0.122. The fourth-order valence-corrected chi connectivity index (χ4v) is 3.03. The quantitative estimate of drug-likeness (QED) is 0.788. The van der Waals surface area contributed by atoms with Gasteiger partial charge in [-0.15, -0.1) is 0 Å². The van der Waals surface area contributed by atoms with Gasteiger partial charge in [0, 0.05) is 38.3 Å². The molecular formula is C18H24N4O4. The van der Waals surface area contributed by atoms with E-state index in [1.54, 1.807) is 23.1 Å². The van der Waals surface area contributed by atoms with E-state index in [9.17, 15) is 14.4 Å². The van der Waals surface area contributed by atoms with E-state index in [2.05, 4.69) is 15.5 Å². The molecule has 2 N–H and O–H groups in total. The first-order valence-electron chi connectivity index (χ1n) is 8.92. The van der Waals surface area contributed by atoms with Crippen LogP contribution in [0.1, 0.15) is 23.7 Å². The van der Waals surface area contributed by atoms with E-state index in [1.807, 2.05) is 6.92 Å². The van der Waals surface area contributed by atoms with Crippen LogP contribution in [-0.4, -0.2) is 73.4 Å². The van der Waals surface area contributed by atoms with Gasteiger partial charge in [0.15, 0.2) is 6.61 Å². The van der Waals surface area contributed by atoms with Crippen molar-refractivity contribution in [2.75, 3.05) is 51.2 Å². The largest absolute Gasteiger partial charge is 0.482 e. The Kier molecular flexibility index (Phi) is 5.72. The minimum absolute atomic E-state index is 0.00587. The van der Waals surface area contributed by atoms with Gasteiger partial charge < -0.3 is 20.3 Å². The number of benzene rings is 1. The van der Waals surface area contributed by atoms with Crippen molar-refractivity contribution in [3.8, 4) is 5.75 Å². The fourth-order valence-electron chi connectivity index (χ4n) is 3.03. The first kappa shape index (κ1) is 18.2. The van der Waals surface area contributed by atoms with E-state index in [0.717, 1.165) is 6.42 Å². The molecular weight excluding hydrogens is 336 g/mol. The third kappa shape index (κ3) is 4.32. The smallest absolute Gasteiger partial charge is 0.262 e. The minimum atomic E-state index is -0.225. The number of fused-ring (bicyclic) bond motifs is 1. The van der Waals surface area contributed by atoms with E-state index in [4.69, 9.17) is 4.74 Å². The SMILES string of the molecule is CCCNC(=O)CN1CCN(C(=O)c2ccc3c(c2)NC(=O)CO3)CC1. The highest BCUT2D eigenvalue weighted by Gasteiger charge is 2.25. The fraction of sp³-hybridized carbons (Fsp3) is 0.500. The zero-order valence-electron chi connectivity index (χ0n) is 14.9. The molecule has 1 aromatic rings. The molecule has 2 aliphatic rings. The number of amides is 3. The van der Waals surface area contributed by atoms with E-state index in [1.165, 1.54) is 0 Å². The van der Waals surface area contributed by atoms with Crippen molar-refractivity contribution < 1.29 is 19.1 Å². The van der Waals surface area contributed by atoms with Crippen molar-refractivity contribution in [2.45, 2.75) is 13.3 Å². The molecule has 8 heteroatoms. The summed E-state index contributed by atoms with van der Waals surface area (Å²) in [4.78, 5) is 39.8. The Morgan fingerprint density at radius 3 is 2.73 bits per heavy atom. The van der Waals surface area contributed by atoms with Gasteiger partial charge in [-0.1, -0.05) is 6.92 Å². The van der Waals surface area contributed by atoms with Crippen LogP contribution in [0.5, 0.6) is 5.75 Å². The number of ether oxygens (including phenoxy) is 1. The highest BCUT2D eigenvalue weighted by molar-refractivity contribution is 5.99. The lowest BCUT2D eigenvalue weighted by Crippen LogP contribution is -2.51. The Labute approximate surface area is 152 Å². The summed E-state index contributed by atoms with van der Waals surface area (Å²) in [5.74, 6) is 0.292. The molecule has 0 atom stereocenters. The minimum Gasteiger partial charge on any atom is -0.482 e.